The van der Waals surface area contributed by atoms with Crippen LogP contribution in [0.5, 0.6) is 0 Å². The van der Waals surface area contributed by atoms with Crippen LogP contribution in [0.25, 0.3) is 21.9 Å². The van der Waals surface area contributed by atoms with E-state index in [-0.39, 0.29) is 0 Å². The second-order valence-electron chi connectivity index (χ2n) is 5.39. The first kappa shape index (κ1) is 14.1. The molecule has 0 aliphatic rings. The molecule has 23 heavy (non-hydrogen) atoms. The summed E-state index contributed by atoms with van der Waals surface area (Å²) in [5.41, 5.74) is 4.14. The minimum absolute atomic E-state index is 0.576. The van der Waals surface area contributed by atoms with Gasteiger partial charge < -0.3 is 10.3 Å². The minimum Gasteiger partial charge on any atom is -0.362 e. The lowest BCUT2D eigenvalue weighted by molar-refractivity contribution is 0.997. The first-order valence-corrected chi connectivity index (χ1v) is 8.08. The number of nitrogens with zero attached hydrogens (tertiary/aromatic N) is 3. The molecule has 2 aromatic carbocycles. The van der Waals surface area contributed by atoms with Gasteiger partial charge in [0.25, 0.3) is 0 Å². The highest BCUT2D eigenvalue weighted by molar-refractivity contribution is 9.10. The summed E-state index contributed by atoms with van der Waals surface area (Å²) in [7, 11) is 0. The van der Waals surface area contributed by atoms with Crippen LogP contribution in [0.4, 0.5) is 5.82 Å². The molecule has 4 rings (SSSR count). The number of benzene rings is 2. The van der Waals surface area contributed by atoms with Crippen molar-refractivity contribution in [3.8, 4) is 0 Å². The van der Waals surface area contributed by atoms with Gasteiger partial charge in [0, 0.05) is 9.86 Å². The van der Waals surface area contributed by atoms with Crippen LogP contribution in [0.1, 0.15) is 11.4 Å². The van der Waals surface area contributed by atoms with Gasteiger partial charge in [0.15, 0.2) is 0 Å². The number of H-pyrrole nitrogens is 1. The van der Waals surface area contributed by atoms with Gasteiger partial charge in [0.1, 0.15) is 18.0 Å². The van der Waals surface area contributed by atoms with Crippen LogP contribution in [0.15, 0.2) is 47.2 Å². The van der Waals surface area contributed by atoms with Crippen molar-refractivity contribution in [1.29, 1.82) is 0 Å². The van der Waals surface area contributed by atoms with Crippen molar-refractivity contribution in [2.24, 2.45) is 0 Å². The molecule has 5 nitrogen and oxygen atoms in total. The van der Waals surface area contributed by atoms with Crippen molar-refractivity contribution < 1.29 is 0 Å². The topological polar surface area (TPSA) is 66.5 Å². The molecule has 2 heterocycles. The molecule has 6 heteroatoms. The zero-order chi connectivity index (χ0) is 15.8. The second-order valence-corrected chi connectivity index (χ2v) is 6.31. The summed E-state index contributed by atoms with van der Waals surface area (Å²) >= 11 is 3.49. The first-order chi connectivity index (χ1) is 11.2. The molecule has 0 atom stereocenters. The number of aromatic amines is 1. The molecular weight excluding hydrogens is 354 g/mol. The first-order valence-electron chi connectivity index (χ1n) is 7.29. The Morgan fingerprint density at radius 1 is 1.17 bits per heavy atom. The van der Waals surface area contributed by atoms with Gasteiger partial charge in [0.05, 0.1) is 23.1 Å². The van der Waals surface area contributed by atoms with Crippen LogP contribution in [0, 0.1) is 6.92 Å². The van der Waals surface area contributed by atoms with Gasteiger partial charge in [-0.05, 0) is 36.8 Å². The average molecular weight is 368 g/mol. The minimum atomic E-state index is 0.576. The van der Waals surface area contributed by atoms with Crippen molar-refractivity contribution in [3.63, 3.8) is 0 Å². The number of hydrogen-bond acceptors (Lipinski definition) is 4. The number of para-hydroxylation sites is 1. The summed E-state index contributed by atoms with van der Waals surface area (Å²) in [5.74, 6) is 1.68. The molecule has 0 unspecified atom stereocenters. The zero-order valence-electron chi connectivity index (χ0n) is 12.5. The molecule has 0 spiro atoms. The molecule has 0 saturated carbocycles. The Labute approximate surface area is 141 Å². The highest BCUT2D eigenvalue weighted by atomic mass is 79.9. The van der Waals surface area contributed by atoms with E-state index in [9.17, 15) is 0 Å². The van der Waals surface area contributed by atoms with Crippen LogP contribution in [0.2, 0.25) is 0 Å². The van der Waals surface area contributed by atoms with Crippen LogP contribution in [0.3, 0.4) is 0 Å². The van der Waals surface area contributed by atoms with E-state index in [1.165, 1.54) is 5.56 Å². The average Bonchev–Trinajstić information content (AvgIpc) is 2.97. The second kappa shape index (κ2) is 5.62. The Kier molecular flexibility index (Phi) is 3.46. The third-order valence-electron chi connectivity index (χ3n) is 3.78. The Morgan fingerprint density at radius 3 is 2.96 bits per heavy atom. The number of aryl methyl sites for hydroxylation is 1. The van der Waals surface area contributed by atoms with Crippen LogP contribution >= 0.6 is 15.9 Å². The van der Waals surface area contributed by atoms with Crippen molar-refractivity contribution >= 4 is 43.7 Å². The fourth-order valence-electron chi connectivity index (χ4n) is 2.65. The third-order valence-corrected chi connectivity index (χ3v) is 4.28. The molecule has 0 aliphatic heterocycles. The van der Waals surface area contributed by atoms with Gasteiger partial charge in [-0.3, -0.25) is 0 Å². The number of aromatic nitrogens is 4. The predicted octanol–water partition coefficient (Wildman–Crippen LogP) is 4.19. The van der Waals surface area contributed by atoms with Crippen LogP contribution < -0.4 is 5.32 Å². The number of rotatable bonds is 3. The Hall–Kier alpha value is -2.47. The Bertz CT molecular complexity index is 1010. The lowest BCUT2D eigenvalue weighted by atomic mass is 10.2. The summed E-state index contributed by atoms with van der Waals surface area (Å²) < 4.78 is 1.00. The monoisotopic (exact) mass is 367 g/mol. The van der Waals surface area contributed by atoms with Gasteiger partial charge in [-0.2, -0.15) is 0 Å². The van der Waals surface area contributed by atoms with Crippen molar-refractivity contribution in [3.05, 3.63) is 58.6 Å². The summed E-state index contributed by atoms with van der Waals surface area (Å²) in [4.78, 5) is 16.6. The standard InChI is InChI=1S/C17H14BrN5/c1-10-3-2-4-14-16(10)23-15(22-14)8-19-17-12-7-11(18)5-6-13(12)20-9-21-17/h2-7,9H,8H2,1H3,(H,22,23)(H,19,20,21). The normalized spacial score (nSPS) is 11.2. The highest BCUT2D eigenvalue weighted by Gasteiger charge is 2.07. The quantitative estimate of drug-likeness (QED) is 0.569. The summed E-state index contributed by atoms with van der Waals surface area (Å²) in [6, 6.07) is 12.1. The fourth-order valence-corrected chi connectivity index (χ4v) is 3.01. The molecule has 0 fully saturated rings. The third kappa shape index (κ3) is 2.66. The lowest BCUT2D eigenvalue weighted by Gasteiger charge is -2.07. The molecule has 114 valence electrons. The van der Waals surface area contributed by atoms with Gasteiger partial charge >= 0.3 is 0 Å². The van der Waals surface area contributed by atoms with E-state index in [0.29, 0.717) is 6.54 Å². The van der Waals surface area contributed by atoms with E-state index in [1.807, 2.05) is 30.3 Å². The molecule has 4 aromatic rings. The number of halogens is 1. The predicted molar refractivity (Wildman–Crippen MR) is 95.4 cm³/mol. The Balaban J connectivity index is 1.65. The van der Waals surface area contributed by atoms with Gasteiger partial charge in [-0.1, -0.05) is 28.1 Å². The number of imidazole rings is 1. The van der Waals surface area contributed by atoms with Gasteiger partial charge in [-0.25, -0.2) is 15.0 Å². The van der Waals surface area contributed by atoms with E-state index < -0.39 is 0 Å². The fraction of sp³-hybridized carbons (Fsp3) is 0.118. The molecule has 0 aliphatic carbocycles. The summed E-state index contributed by atoms with van der Waals surface area (Å²) in [5, 5.41) is 4.33. The van der Waals surface area contributed by atoms with E-state index >= 15 is 0 Å². The Morgan fingerprint density at radius 2 is 2.09 bits per heavy atom. The van der Waals surface area contributed by atoms with Gasteiger partial charge in [0.2, 0.25) is 0 Å². The number of anilines is 1. The van der Waals surface area contributed by atoms with Crippen molar-refractivity contribution in [2.45, 2.75) is 13.5 Å². The highest BCUT2D eigenvalue weighted by Crippen LogP contribution is 2.24. The number of nitrogens with one attached hydrogen (secondary N) is 2. The number of fused-ring (bicyclic) bond motifs is 2. The smallest absolute Gasteiger partial charge is 0.137 e. The SMILES string of the molecule is Cc1cccc2[nH]c(CNc3ncnc4ccc(Br)cc34)nc12. The molecule has 2 aromatic heterocycles. The van der Waals surface area contributed by atoms with Gasteiger partial charge in [-0.15, -0.1) is 0 Å². The molecule has 0 radical (unpaired) electrons. The molecule has 2 N–H and O–H groups in total. The van der Waals surface area contributed by atoms with Crippen LogP contribution in [-0.2, 0) is 6.54 Å². The molecule has 0 saturated heterocycles. The van der Waals surface area contributed by atoms with E-state index in [4.69, 9.17) is 0 Å². The largest absolute Gasteiger partial charge is 0.362 e. The maximum atomic E-state index is 4.65. The molecular formula is C17H14BrN5. The maximum absolute atomic E-state index is 4.65. The van der Waals surface area contributed by atoms with Crippen LogP contribution in [-0.4, -0.2) is 19.9 Å². The lowest BCUT2D eigenvalue weighted by Crippen LogP contribution is -2.04. The molecule has 0 amide bonds. The zero-order valence-corrected chi connectivity index (χ0v) is 14.1. The van der Waals surface area contributed by atoms with E-state index in [1.54, 1.807) is 6.33 Å². The number of hydrogen-bond donors (Lipinski definition) is 2. The molecule has 0 bridgehead atoms. The summed E-state index contributed by atoms with van der Waals surface area (Å²) in [6.07, 6.45) is 1.57. The van der Waals surface area contributed by atoms with Crippen molar-refractivity contribution in [1.82, 2.24) is 19.9 Å². The summed E-state index contributed by atoms with van der Waals surface area (Å²) in [6.45, 7) is 2.64. The van der Waals surface area contributed by atoms with Crippen molar-refractivity contribution in [2.75, 3.05) is 5.32 Å². The van der Waals surface area contributed by atoms with E-state index in [2.05, 4.69) is 54.2 Å². The van der Waals surface area contributed by atoms with E-state index in [0.717, 1.165) is 38.1 Å². The maximum Gasteiger partial charge on any atom is 0.137 e.